The summed E-state index contributed by atoms with van der Waals surface area (Å²) in [6, 6.07) is 5.60. The van der Waals surface area contributed by atoms with E-state index in [0.29, 0.717) is 28.8 Å². The summed E-state index contributed by atoms with van der Waals surface area (Å²) in [5.74, 6) is 1.12. The highest BCUT2D eigenvalue weighted by atomic mass is 16.5. The largest absolute Gasteiger partial charge is 0.494 e. The number of rotatable bonds is 10. The van der Waals surface area contributed by atoms with E-state index in [4.69, 9.17) is 9.47 Å². The molecule has 12 nitrogen and oxygen atoms in total. The van der Waals surface area contributed by atoms with Crippen molar-refractivity contribution in [1.29, 1.82) is 0 Å². The molecule has 1 atom stereocenters. The Morgan fingerprint density at radius 2 is 2.03 bits per heavy atom. The van der Waals surface area contributed by atoms with Crippen molar-refractivity contribution in [1.82, 2.24) is 35.2 Å². The maximum absolute atomic E-state index is 12.7. The van der Waals surface area contributed by atoms with E-state index < -0.39 is 5.97 Å². The summed E-state index contributed by atoms with van der Waals surface area (Å²) in [5, 5.41) is 13.1. The number of esters is 1. The molecule has 3 N–H and O–H groups in total. The molecule has 3 aromatic rings. The molecule has 0 spiro atoms. The monoisotopic (exact) mass is 507 g/mol. The SMILES string of the molecule is CCCN1NC(C)C(Nc2ncc(C(=O)OCC)c(Nc3cccc(-c4ncn(C)n4)c3OC)n2)=C1C. The zero-order valence-electron chi connectivity index (χ0n) is 22.0. The second-order valence-corrected chi connectivity index (χ2v) is 8.56. The van der Waals surface area contributed by atoms with E-state index in [-0.39, 0.29) is 24.0 Å². The first-order valence-corrected chi connectivity index (χ1v) is 12.2. The molecule has 0 bridgehead atoms. The molecule has 0 saturated heterocycles. The predicted octanol–water partition coefficient (Wildman–Crippen LogP) is 3.46. The molecule has 1 aromatic carbocycles. The van der Waals surface area contributed by atoms with Crippen molar-refractivity contribution < 1.29 is 14.3 Å². The van der Waals surface area contributed by atoms with E-state index in [1.165, 1.54) is 6.20 Å². The van der Waals surface area contributed by atoms with Crippen molar-refractivity contribution in [3.63, 3.8) is 0 Å². The number of anilines is 3. The molecule has 0 saturated carbocycles. The van der Waals surface area contributed by atoms with E-state index in [0.717, 1.165) is 24.4 Å². The maximum atomic E-state index is 12.7. The molecule has 1 aliphatic rings. The van der Waals surface area contributed by atoms with Crippen LogP contribution < -0.4 is 20.8 Å². The summed E-state index contributed by atoms with van der Waals surface area (Å²) >= 11 is 0. The van der Waals surface area contributed by atoms with Crippen LogP contribution in [0.4, 0.5) is 17.5 Å². The van der Waals surface area contributed by atoms with Crippen molar-refractivity contribution in [2.45, 2.75) is 40.2 Å². The van der Waals surface area contributed by atoms with Gasteiger partial charge in [-0.3, -0.25) is 4.68 Å². The number of hydrazine groups is 1. The summed E-state index contributed by atoms with van der Waals surface area (Å²) in [6.07, 6.45) is 4.09. The lowest BCUT2D eigenvalue weighted by atomic mass is 10.1. The standard InChI is InChI=1S/C25H33N9O3/c1-7-12-34-16(4)20(15(3)31-34)29-25-26-13-18(24(35)37-8-2)23(30-25)28-19-11-9-10-17(21(19)36-6)22-27-14-33(5)32-22/h9-11,13-15,31H,7-8,12H2,1-6H3,(H2,26,28,29,30). The Labute approximate surface area is 216 Å². The number of allylic oxidation sites excluding steroid dienone is 1. The zero-order valence-corrected chi connectivity index (χ0v) is 22.0. The number of methoxy groups -OCH3 is 1. The van der Waals surface area contributed by atoms with Gasteiger partial charge in [0.2, 0.25) is 5.95 Å². The molecule has 37 heavy (non-hydrogen) atoms. The fourth-order valence-electron chi connectivity index (χ4n) is 4.15. The minimum Gasteiger partial charge on any atom is -0.494 e. The first-order chi connectivity index (χ1) is 17.9. The van der Waals surface area contributed by atoms with Crippen LogP contribution in [0.3, 0.4) is 0 Å². The summed E-state index contributed by atoms with van der Waals surface area (Å²) in [4.78, 5) is 26.1. The normalized spacial score (nSPS) is 15.2. The lowest BCUT2D eigenvalue weighted by Gasteiger charge is -2.19. The second-order valence-electron chi connectivity index (χ2n) is 8.56. The van der Waals surface area contributed by atoms with Crippen molar-refractivity contribution in [3.05, 3.63) is 47.7 Å². The number of hydrogen-bond donors (Lipinski definition) is 3. The van der Waals surface area contributed by atoms with Crippen LogP contribution in [0.15, 0.2) is 42.1 Å². The zero-order chi connectivity index (χ0) is 26.5. The lowest BCUT2D eigenvalue weighted by molar-refractivity contribution is 0.0526. The van der Waals surface area contributed by atoms with Gasteiger partial charge in [0.05, 0.1) is 36.7 Å². The van der Waals surface area contributed by atoms with Crippen LogP contribution >= 0.6 is 0 Å². The number of hydrogen-bond acceptors (Lipinski definition) is 11. The minimum atomic E-state index is -0.529. The number of nitrogens with one attached hydrogen (secondary N) is 3. The molecule has 0 fully saturated rings. The minimum absolute atomic E-state index is 0.0546. The van der Waals surface area contributed by atoms with Gasteiger partial charge in [0.15, 0.2) is 17.4 Å². The van der Waals surface area contributed by atoms with Crippen molar-refractivity contribution in [3.8, 4) is 17.1 Å². The third-order valence-electron chi connectivity index (χ3n) is 5.87. The molecule has 1 aliphatic heterocycles. The molecule has 0 aliphatic carbocycles. The predicted molar refractivity (Wildman–Crippen MR) is 140 cm³/mol. The lowest BCUT2D eigenvalue weighted by Crippen LogP contribution is -2.36. The Hall–Kier alpha value is -4.19. The Balaban J connectivity index is 1.72. The quantitative estimate of drug-likeness (QED) is 0.349. The number of nitrogens with zero attached hydrogens (tertiary/aromatic N) is 6. The molecule has 4 rings (SSSR count). The average Bonchev–Trinajstić information content (AvgIpc) is 3.42. The van der Waals surface area contributed by atoms with Crippen LogP contribution in [0, 0.1) is 0 Å². The van der Waals surface area contributed by atoms with Crippen LogP contribution in [0.2, 0.25) is 0 Å². The number of benzene rings is 1. The molecule has 3 heterocycles. The molecule has 0 amide bonds. The summed E-state index contributed by atoms with van der Waals surface area (Å²) < 4.78 is 12.6. The van der Waals surface area contributed by atoms with Gasteiger partial charge in [0.1, 0.15) is 11.9 Å². The smallest absolute Gasteiger partial charge is 0.343 e. The van der Waals surface area contributed by atoms with E-state index in [2.05, 4.69) is 55.0 Å². The van der Waals surface area contributed by atoms with E-state index >= 15 is 0 Å². The Morgan fingerprint density at radius 3 is 2.70 bits per heavy atom. The molecular formula is C25H33N9O3. The summed E-state index contributed by atoms with van der Waals surface area (Å²) in [6.45, 7) is 9.11. The Kier molecular flexibility index (Phi) is 7.87. The maximum Gasteiger partial charge on any atom is 0.343 e. The number of carbonyl (C=O) groups excluding carboxylic acids is 1. The first-order valence-electron chi connectivity index (χ1n) is 12.2. The first kappa shape index (κ1) is 25.9. The van der Waals surface area contributed by atoms with Gasteiger partial charge in [-0.05, 0) is 39.3 Å². The van der Waals surface area contributed by atoms with Gasteiger partial charge in [-0.15, -0.1) is 0 Å². The van der Waals surface area contributed by atoms with Gasteiger partial charge in [0, 0.05) is 25.5 Å². The van der Waals surface area contributed by atoms with Crippen LogP contribution in [0.5, 0.6) is 5.75 Å². The molecule has 1 unspecified atom stereocenters. The number of aryl methyl sites for hydroxylation is 1. The van der Waals surface area contributed by atoms with Gasteiger partial charge >= 0.3 is 5.97 Å². The van der Waals surface area contributed by atoms with Crippen LogP contribution in [-0.2, 0) is 11.8 Å². The van der Waals surface area contributed by atoms with Crippen LogP contribution in [0.1, 0.15) is 44.5 Å². The van der Waals surface area contributed by atoms with Crippen LogP contribution in [0.25, 0.3) is 11.4 Å². The van der Waals surface area contributed by atoms with Gasteiger partial charge in [-0.1, -0.05) is 13.0 Å². The average molecular weight is 508 g/mol. The van der Waals surface area contributed by atoms with Gasteiger partial charge in [0.25, 0.3) is 0 Å². The van der Waals surface area contributed by atoms with Gasteiger partial charge in [-0.2, -0.15) is 10.1 Å². The topological polar surface area (TPSA) is 131 Å². The third kappa shape index (κ3) is 5.48. The molecule has 196 valence electrons. The number of ether oxygens (including phenoxy) is 2. The van der Waals surface area contributed by atoms with Crippen molar-refractivity contribution in [2.75, 3.05) is 30.9 Å². The Bertz CT molecular complexity index is 1300. The Morgan fingerprint density at radius 1 is 1.22 bits per heavy atom. The molecule has 12 heteroatoms. The molecular weight excluding hydrogens is 474 g/mol. The fraction of sp³-hybridized carbons (Fsp3) is 0.400. The molecule has 0 radical (unpaired) electrons. The van der Waals surface area contributed by atoms with Crippen LogP contribution in [-0.4, -0.2) is 62.0 Å². The van der Waals surface area contributed by atoms with E-state index in [1.54, 1.807) is 32.1 Å². The second kappa shape index (κ2) is 11.2. The van der Waals surface area contributed by atoms with Crippen molar-refractivity contribution in [2.24, 2.45) is 7.05 Å². The number of carbonyl (C=O) groups is 1. The van der Waals surface area contributed by atoms with Gasteiger partial charge < -0.3 is 25.1 Å². The number of aromatic nitrogens is 5. The van der Waals surface area contributed by atoms with Crippen molar-refractivity contribution >= 4 is 23.4 Å². The highest BCUT2D eigenvalue weighted by Gasteiger charge is 2.26. The number of para-hydroxylation sites is 1. The third-order valence-corrected chi connectivity index (χ3v) is 5.87. The van der Waals surface area contributed by atoms with E-state index in [1.807, 2.05) is 25.1 Å². The van der Waals surface area contributed by atoms with Gasteiger partial charge in [-0.25, -0.2) is 20.2 Å². The molecule has 2 aromatic heterocycles. The highest BCUT2D eigenvalue weighted by molar-refractivity contribution is 5.96. The summed E-state index contributed by atoms with van der Waals surface area (Å²) in [5.41, 5.74) is 6.95. The summed E-state index contributed by atoms with van der Waals surface area (Å²) in [7, 11) is 3.36. The fourth-order valence-corrected chi connectivity index (χ4v) is 4.15. The van der Waals surface area contributed by atoms with E-state index in [9.17, 15) is 4.79 Å². The highest BCUT2D eigenvalue weighted by Crippen LogP contribution is 2.37.